The third kappa shape index (κ3) is 2.79. The number of aryl methyl sites for hydroxylation is 2. The molecule has 2 aromatic rings. The Kier molecular flexibility index (Phi) is 4.03. The number of hydrogen-bond acceptors (Lipinski definition) is 2. The minimum atomic E-state index is 0.0625. The third-order valence-corrected chi connectivity index (χ3v) is 3.84. The zero-order valence-electron chi connectivity index (χ0n) is 13.6. The summed E-state index contributed by atoms with van der Waals surface area (Å²) < 4.78 is 0. The molecule has 0 amide bonds. The topological polar surface area (TPSA) is 24.9 Å². The molecule has 2 rings (SSSR count). The Hall–Kier alpha value is -1.57. The average Bonchev–Trinajstić information content (AvgIpc) is 2.39. The van der Waals surface area contributed by atoms with E-state index in [1.165, 1.54) is 22.2 Å². The molecule has 0 aliphatic rings. The van der Waals surface area contributed by atoms with Gasteiger partial charge in [-0.05, 0) is 37.5 Å². The van der Waals surface area contributed by atoms with E-state index in [0.717, 1.165) is 24.2 Å². The predicted molar refractivity (Wildman–Crippen MR) is 88.7 cm³/mol. The first kappa shape index (κ1) is 14.8. The van der Waals surface area contributed by atoms with Crippen molar-refractivity contribution in [2.24, 2.45) is 0 Å². The fourth-order valence-electron chi connectivity index (χ4n) is 2.32. The van der Waals surface area contributed by atoms with Crippen molar-refractivity contribution in [3.05, 3.63) is 35.0 Å². The zero-order chi connectivity index (χ0) is 14.9. The molecule has 0 bridgehead atoms. The van der Waals surface area contributed by atoms with Gasteiger partial charge in [0, 0.05) is 28.7 Å². The van der Waals surface area contributed by atoms with Gasteiger partial charge in [0.05, 0.1) is 5.52 Å². The second-order valence-corrected chi connectivity index (χ2v) is 6.64. The number of nitrogens with one attached hydrogen (secondary N) is 1. The van der Waals surface area contributed by atoms with Crippen molar-refractivity contribution >= 4 is 16.6 Å². The molecule has 0 unspecified atom stereocenters. The first-order chi connectivity index (χ1) is 9.34. The SMILES string of the molecule is CCCNc1cc(C(C)(C)C)nc2c(C)c(C)ccc12. The van der Waals surface area contributed by atoms with Crippen LogP contribution in [0.3, 0.4) is 0 Å². The highest BCUT2D eigenvalue weighted by atomic mass is 14.9. The number of hydrogen-bond donors (Lipinski definition) is 1. The highest BCUT2D eigenvalue weighted by Crippen LogP contribution is 2.31. The lowest BCUT2D eigenvalue weighted by molar-refractivity contribution is 0.571. The molecule has 0 aliphatic heterocycles. The van der Waals surface area contributed by atoms with Crippen LogP contribution in [0.25, 0.3) is 10.9 Å². The van der Waals surface area contributed by atoms with Crippen LogP contribution >= 0.6 is 0 Å². The van der Waals surface area contributed by atoms with Crippen LogP contribution in [0.2, 0.25) is 0 Å². The number of aromatic nitrogens is 1. The standard InChI is InChI=1S/C18H26N2/c1-7-10-19-15-11-16(18(4,5)6)20-17-13(3)12(2)8-9-14(15)17/h8-9,11H,7,10H2,1-6H3,(H,19,20). The molecule has 0 fully saturated rings. The van der Waals surface area contributed by atoms with E-state index in [4.69, 9.17) is 4.98 Å². The number of anilines is 1. The number of rotatable bonds is 3. The monoisotopic (exact) mass is 270 g/mol. The fourth-order valence-corrected chi connectivity index (χ4v) is 2.32. The molecule has 0 radical (unpaired) electrons. The Bertz CT molecular complexity index is 621. The van der Waals surface area contributed by atoms with Gasteiger partial charge in [-0.3, -0.25) is 4.98 Å². The molecule has 0 saturated heterocycles. The molecule has 20 heavy (non-hydrogen) atoms. The van der Waals surface area contributed by atoms with Crippen molar-refractivity contribution < 1.29 is 0 Å². The summed E-state index contributed by atoms with van der Waals surface area (Å²) in [6.45, 7) is 14.2. The van der Waals surface area contributed by atoms with Gasteiger partial charge in [-0.2, -0.15) is 0 Å². The average molecular weight is 270 g/mol. The molecular formula is C18H26N2. The summed E-state index contributed by atoms with van der Waals surface area (Å²) in [5.41, 5.74) is 6.15. The van der Waals surface area contributed by atoms with Crippen molar-refractivity contribution in [2.75, 3.05) is 11.9 Å². The van der Waals surface area contributed by atoms with Crippen LogP contribution in [0.5, 0.6) is 0 Å². The Labute approximate surface area is 122 Å². The van der Waals surface area contributed by atoms with E-state index in [0.29, 0.717) is 0 Å². The summed E-state index contributed by atoms with van der Waals surface area (Å²) in [6, 6.07) is 6.59. The molecule has 1 N–H and O–H groups in total. The van der Waals surface area contributed by atoms with Crippen molar-refractivity contribution in [1.82, 2.24) is 4.98 Å². The maximum Gasteiger partial charge on any atom is 0.0758 e. The van der Waals surface area contributed by atoms with E-state index in [1.54, 1.807) is 0 Å². The van der Waals surface area contributed by atoms with Crippen LogP contribution < -0.4 is 5.32 Å². The van der Waals surface area contributed by atoms with Crippen LogP contribution in [0.1, 0.15) is 50.9 Å². The van der Waals surface area contributed by atoms with Gasteiger partial charge in [0.1, 0.15) is 0 Å². The summed E-state index contributed by atoms with van der Waals surface area (Å²) in [4.78, 5) is 4.94. The first-order valence-electron chi connectivity index (χ1n) is 7.50. The van der Waals surface area contributed by atoms with Crippen molar-refractivity contribution in [3.8, 4) is 0 Å². The van der Waals surface area contributed by atoms with E-state index in [2.05, 4.69) is 65.1 Å². The van der Waals surface area contributed by atoms with E-state index >= 15 is 0 Å². The molecule has 0 saturated carbocycles. The lowest BCUT2D eigenvalue weighted by Gasteiger charge is -2.21. The van der Waals surface area contributed by atoms with Gasteiger partial charge in [-0.1, -0.05) is 39.8 Å². The van der Waals surface area contributed by atoms with Crippen molar-refractivity contribution in [3.63, 3.8) is 0 Å². The minimum Gasteiger partial charge on any atom is -0.384 e. The van der Waals surface area contributed by atoms with Gasteiger partial charge in [0.15, 0.2) is 0 Å². The van der Waals surface area contributed by atoms with Gasteiger partial charge < -0.3 is 5.32 Å². The van der Waals surface area contributed by atoms with E-state index in [1.807, 2.05) is 0 Å². The number of nitrogens with zero attached hydrogens (tertiary/aromatic N) is 1. The van der Waals surface area contributed by atoms with Crippen LogP contribution in [0, 0.1) is 13.8 Å². The summed E-state index contributed by atoms with van der Waals surface area (Å²) >= 11 is 0. The van der Waals surface area contributed by atoms with Crippen LogP contribution in [0.15, 0.2) is 18.2 Å². The van der Waals surface area contributed by atoms with E-state index in [9.17, 15) is 0 Å². The van der Waals surface area contributed by atoms with Gasteiger partial charge in [0.2, 0.25) is 0 Å². The first-order valence-corrected chi connectivity index (χ1v) is 7.50. The maximum absolute atomic E-state index is 4.94. The molecular weight excluding hydrogens is 244 g/mol. The molecule has 1 aromatic heterocycles. The van der Waals surface area contributed by atoms with Gasteiger partial charge in [-0.25, -0.2) is 0 Å². The molecule has 0 atom stereocenters. The Morgan fingerprint density at radius 1 is 1.15 bits per heavy atom. The second-order valence-electron chi connectivity index (χ2n) is 6.64. The molecule has 1 heterocycles. The molecule has 2 heteroatoms. The highest BCUT2D eigenvalue weighted by molar-refractivity contribution is 5.94. The zero-order valence-corrected chi connectivity index (χ0v) is 13.6. The Balaban J connectivity index is 2.71. The number of pyridine rings is 1. The number of benzene rings is 1. The lowest BCUT2D eigenvalue weighted by Crippen LogP contribution is -2.15. The quantitative estimate of drug-likeness (QED) is 0.851. The summed E-state index contributed by atoms with van der Waals surface area (Å²) in [6.07, 6.45) is 1.12. The highest BCUT2D eigenvalue weighted by Gasteiger charge is 2.18. The summed E-state index contributed by atoms with van der Waals surface area (Å²) in [5.74, 6) is 0. The second kappa shape index (κ2) is 5.43. The molecule has 0 spiro atoms. The molecule has 108 valence electrons. The third-order valence-electron chi connectivity index (χ3n) is 3.84. The van der Waals surface area contributed by atoms with Crippen LogP contribution in [-0.2, 0) is 5.41 Å². The summed E-state index contributed by atoms with van der Waals surface area (Å²) in [7, 11) is 0. The van der Waals surface area contributed by atoms with Gasteiger partial charge in [0.25, 0.3) is 0 Å². The fraction of sp³-hybridized carbons (Fsp3) is 0.500. The smallest absolute Gasteiger partial charge is 0.0758 e. The van der Waals surface area contributed by atoms with Crippen LogP contribution in [-0.4, -0.2) is 11.5 Å². The Morgan fingerprint density at radius 2 is 1.85 bits per heavy atom. The molecule has 1 aromatic carbocycles. The van der Waals surface area contributed by atoms with Crippen molar-refractivity contribution in [1.29, 1.82) is 0 Å². The van der Waals surface area contributed by atoms with Crippen LogP contribution in [0.4, 0.5) is 5.69 Å². The van der Waals surface area contributed by atoms with Gasteiger partial charge >= 0.3 is 0 Å². The lowest BCUT2D eigenvalue weighted by atomic mass is 9.90. The normalized spacial score (nSPS) is 11.9. The van der Waals surface area contributed by atoms with E-state index < -0.39 is 0 Å². The number of fused-ring (bicyclic) bond motifs is 1. The van der Waals surface area contributed by atoms with E-state index in [-0.39, 0.29) is 5.41 Å². The van der Waals surface area contributed by atoms with Crippen molar-refractivity contribution in [2.45, 2.75) is 53.4 Å². The largest absolute Gasteiger partial charge is 0.384 e. The minimum absolute atomic E-state index is 0.0625. The Morgan fingerprint density at radius 3 is 2.45 bits per heavy atom. The van der Waals surface area contributed by atoms with Gasteiger partial charge in [-0.15, -0.1) is 0 Å². The summed E-state index contributed by atoms with van der Waals surface area (Å²) in [5, 5.41) is 4.79. The molecule has 0 aliphatic carbocycles. The molecule has 2 nitrogen and oxygen atoms in total. The predicted octanol–water partition coefficient (Wildman–Crippen LogP) is 4.97. The maximum atomic E-state index is 4.94.